The second-order valence-electron chi connectivity index (χ2n) is 3.86. The van der Waals surface area contributed by atoms with E-state index in [1.165, 1.54) is 0 Å². The summed E-state index contributed by atoms with van der Waals surface area (Å²) in [5.41, 5.74) is 0. The van der Waals surface area contributed by atoms with Crippen molar-refractivity contribution in [3.8, 4) is 0 Å². The maximum Gasteiger partial charge on any atom is 0.221 e. The highest BCUT2D eigenvalue weighted by molar-refractivity contribution is 5.27. The van der Waals surface area contributed by atoms with Gasteiger partial charge >= 0.3 is 0 Å². The van der Waals surface area contributed by atoms with Crippen molar-refractivity contribution in [1.82, 2.24) is 14.8 Å². The molecule has 14 heavy (non-hydrogen) atoms. The highest BCUT2D eigenvalue weighted by atomic mass is 16.5. The summed E-state index contributed by atoms with van der Waals surface area (Å²) in [5.74, 6) is 2.29. The molecule has 1 unspecified atom stereocenters. The first kappa shape index (κ1) is 8.23. The van der Waals surface area contributed by atoms with Crippen molar-refractivity contribution < 1.29 is 4.74 Å². The molecule has 5 heteroatoms. The molecule has 0 saturated carbocycles. The van der Waals surface area contributed by atoms with Crippen LogP contribution in [0.25, 0.3) is 0 Å². The summed E-state index contributed by atoms with van der Waals surface area (Å²) in [7, 11) is 0. The third kappa shape index (κ3) is 1.28. The smallest absolute Gasteiger partial charge is 0.221 e. The van der Waals surface area contributed by atoms with Gasteiger partial charge < -0.3 is 10.1 Å². The van der Waals surface area contributed by atoms with Crippen LogP contribution in [0.5, 0.6) is 0 Å². The van der Waals surface area contributed by atoms with Gasteiger partial charge in [-0.15, -0.1) is 0 Å². The molecule has 1 atom stereocenters. The average molecular weight is 194 g/mol. The minimum atomic E-state index is 0.412. The van der Waals surface area contributed by atoms with E-state index < -0.39 is 0 Å². The predicted molar refractivity (Wildman–Crippen MR) is 51.3 cm³/mol. The highest BCUT2D eigenvalue weighted by Crippen LogP contribution is 2.24. The minimum absolute atomic E-state index is 0.412. The monoisotopic (exact) mass is 194 g/mol. The van der Waals surface area contributed by atoms with E-state index in [0.29, 0.717) is 5.92 Å². The zero-order valence-electron chi connectivity index (χ0n) is 8.07. The number of ether oxygens (including phenoxy) is 1. The number of anilines is 1. The molecule has 0 bridgehead atoms. The van der Waals surface area contributed by atoms with Gasteiger partial charge in [-0.25, -0.2) is 4.68 Å². The van der Waals surface area contributed by atoms with Gasteiger partial charge in [0.25, 0.3) is 0 Å². The van der Waals surface area contributed by atoms with Crippen molar-refractivity contribution in [2.75, 3.05) is 25.1 Å². The van der Waals surface area contributed by atoms with Gasteiger partial charge in [0.1, 0.15) is 0 Å². The molecule has 0 radical (unpaired) electrons. The van der Waals surface area contributed by atoms with Gasteiger partial charge in [-0.3, -0.25) is 0 Å². The minimum Gasteiger partial charge on any atom is -0.381 e. The summed E-state index contributed by atoms with van der Waals surface area (Å²) >= 11 is 0. The van der Waals surface area contributed by atoms with Crippen LogP contribution >= 0.6 is 0 Å². The Morgan fingerprint density at radius 3 is 3.29 bits per heavy atom. The topological polar surface area (TPSA) is 52.0 Å². The first-order chi connectivity index (χ1) is 6.93. The second-order valence-corrected chi connectivity index (χ2v) is 3.86. The number of nitrogens with zero attached hydrogens (tertiary/aromatic N) is 3. The average Bonchev–Trinajstić information content (AvgIpc) is 2.86. The first-order valence-electron chi connectivity index (χ1n) is 5.20. The third-order valence-electron chi connectivity index (χ3n) is 2.81. The Morgan fingerprint density at radius 2 is 2.50 bits per heavy atom. The highest BCUT2D eigenvalue weighted by Gasteiger charge is 2.24. The van der Waals surface area contributed by atoms with E-state index in [-0.39, 0.29) is 0 Å². The normalized spacial score (nSPS) is 25.9. The number of fused-ring (bicyclic) bond motifs is 1. The van der Waals surface area contributed by atoms with Crippen LogP contribution in [0, 0.1) is 0 Å². The fourth-order valence-electron chi connectivity index (χ4n) is 1.99. The summed E-state index contributed by atoms with van der Waals surface area (Å²) in [6, 6.07) is 0. The Balaban J connectivity index is 1.87. The summed E-state index contributed by atoms with van der Waals surface area (Å²) in [6.07, 6.45) is 2.19. The van der Waals surface area contributed by atoms with Gasteiger partial charge in [0, 0.05) is 25.6 Å². The van der Waals surface area contributed by atoms with Gasteiger partial charge in [-0.05, 0) is 12.8 Å². The Hall–Kier alpha value is -1.10. The molecule has 0 amide bonds. The summed E-state index contributed by atoms with van der Waals surface area (Å²) in [6.45, 7) is 3.63. The Kier molecular flexibility index (Phi) is 1.90. The number of aryl methyl sites for hydroxylation is 1. The van der Waals surface area contributed by atoms with E-state index in [0.717, 1.165) is 50.9 Å². The molecule has 2 aliphatic rings. The van der Waals surface area contributed by atoms with E-state index in [2.05, 4.69) is 15.4 Å². The lowest BCUT2D eigenvalue weighted by Gasteiger charge is -2.12. The zero-order chi connectivity index (χ0) is 9.38. The van der Waals surface area contributed by atoms with E-state index >= 15 is 0 Å². The molecule has 1 aromatic rings. The van der Waals surface area contributed by atoms with E-state index in [4.69, 9.17) is 4.74 Å². The molecule has 1 saturated heterocycles. The molecule has 1 N–H and O–H groups in total. The lowest BCUT2D eigenvalue weighted by atomic mass is 10.1. The Labute approximate surface area is 82.5 Å². The van der Waals surface area contributed by atoms with Gasteiger partial charge in [-0.2, -0.15) is 10.1 Å². The van der Waals surface area contributed by atoms with Crippen molar-refractivity contribution >= 4 is 5.95 Å². The molecule has 0 aliphatic carbocycles. The fraction of sp³-hybridized carbons (Fsp3) is 0.778. The third-order valence-corrected chi connectivity index (χ3v) is 2.81. The lowest BCUT2D eigenvalue weighted by molar-refractivity contribution is 0.193. The lowest BCUT2D eigenvalue weighted by Crippen LogP contribution is -2.17. The predicted octanol–water partition coefficient (Wildman–Crippen LogP) is 0.598. The van der Waals surface area contributed by atoms with E-state index in [1.54, 1.807) is 0 Å². The van der Waals surface area contributed by atoms with Crippen LogP contribution in [0.3, 0.4) is 0 Å². The van der Waals surface area contributed by atoms with Crippen molar-refractivity contribution in [3.05, 3.63) is 5.82 Å². The van der Waals surface area contributed by atoms with Gasteiger partial charge in [0.15, 0.2) is 5.82 Å². The molecular formula is C9H14N4O. The van der Waals surface area contributed by atoms with Crippen LogP contribution in [-0.2, 0) is 11.3 Å². The zero-order valence-corrected chi connectivity index (χ0v) is 8.07. The number of aromatic nitrogens is 3. The molecule has 3 rings (SSSR count). The largest absolute Gasteiger partial charge is 0.381 e. The molecule has 1 aromatic heterocycles. The molecule has 76 valence electrons. The standard InChI is InChI=1S/C9H14N4O/c1-3-10-9-11-8(12-13(9)4-1)7-2-5-14-6-7/h7H,1-6H2,(H,10,11,12). The number of nitrogens with one attached hydrogen (secondary N) is 1. The van der Waals surface area contributed by atoms with E-state index in [1.807, 2.05) is 4.68 Å². The number of rotatable bonds is 1. The molecule has 0 spiro atoms. The van der Waals surface area contributed by atoms with Crippen molar-refractivity contribution in [2.24, 2.45) is 0 Å². The van der Waals surface area contributed by atoms with Crippen molar-refractivity contribution in [2.45, 2.75) is 25.3 Å². The summed E-state index contributed by atoms with van der Waals surface area (Å²) < 4.78 is 7.30. The van der Waals surface area contributed by atoms with Crippen LogP contribution in [0.4, 0.5) is 5.95 Å². The molecule has 1 fully saturated rings. The van der Waals surface area contributed by atoms with E-state index in [9.17, 15) is 0 Å². The summed E-state index contributed by atoms with van der Waals surface area (Å²) in [5, 5.41) is 7.75. The van der Waals surface area contributed by atoms with Crippen molar-refractivity contribution in [3.63, 3.8) is 0 Å². The SMILES string of the molecule is C1CNc2nc(C3CCOC3)nn2C1. The van der Waals surface area contributed by atoms with Crippen LogP contribution in [0.1, 0.15) is 24.6 Å². The van der Waals surface area contributed by atoms with Crippen LogP contribution in [-0.4, -0.2) is 34.5 Å². The molecule has 5 nitrogen and oxygen atoms in total. The maximum atomic E-state index is 5.33. The van der Waals surface area contributed by atoms with Crippen LogP contribution in [0.15, 0.2) is 0 Å². The second kappa shape index (κ2) is 3.24. The quantitative estimate of drug-likeness (QED) is 0.711. The molecular weight excluding hydrogens is 180 g/mol. The number of hydrogen-bond donors (Lipinski definition) is 1. The van der Waals surface area contributed by atoms with Gasteiger partial charge in [-0.1, -0.05) is 0 Å². The summed E-state index contributed by atoms with van der Waals surface area (Å²) in [4.78, 5) is 4.49. The first-order valence-corrected chi connectivity index (χ1v) is 5.20. The van der Waals surface area contributed by atoms with Crippen molar-refractivity contribution in [1.29, 1.82) is 0 Å². The molecule has 0 aromatic carbocycles. The van der Waals surface area contributed by atoms with Crippen LogP contribution < -0.4 is 5.32 Å². The van der Waals surface area contributed by atoms with Crippen LogP contribution in [0.2, 0.25) is 0 Å². The fourth-order valence-corrected chi connectivity index (χ4v) is 1.99. The number of hydrogen-bond acceptors (Lipinski definition) is 4. The Bertz CT molecular complexity index is 306. The van der Waals surface area contributed by atoms with Gasteiger partial charge in [0.2, 0.25) is 5.95 Å². The Morgan fingerprint density at radius 1 is 1.50 bits per heavy atom. The molecule has 2 aliphatic heterocycles. The van der Waals surface area contributed by atoms with Gasteiger partial charge in [0.05, 0.1) is 6.61 Å². The molecule has 3 heterocycles. The maximum absolute atomic E-state index is 5.33.